The molecular formula is C24H28N6. The first kappa shape index (κ1) is 19.9. The SMILES string of the molecule is CCN(CC)c1ccc(Nc2nnc(-n3nc(C)cc3C)c3ccccc23)c(C)c1. The van der Waals surface area contributed by atoms with Crippen LogP contribution in [0.25, 0.3) is 16.6 Å². The van der Waals surface area contributed by atoms with Gasteiger partial charge in [0.25, 0.3) is 0 Å². The van der Waals surface area contributed by atoms with Crippen molar-refractivity contribution in [3.8, 4) is 5.82 Å². The van der Waals surface area contributed by atoms with Gasteiger partial charge in [0.15, 0.2) is 11.6 Å². The molecule has 2 aromatic heterocycles. The Kier molecular flexibility index (Phi) is 5.40. The van der Waals surface area contributed by atoms with E-state index in [4.69, 9.17) is 0 Å². The van der Waals surface area contributed by atoms with E-state index in [1.807, 2.05) is 36.7 Å². The summed E-state index contributed by atoms with van der Waals surface area (Å²) >= 11 is 0. The van der Waals surface area contributed by atoms with Crippen molar-refractivity contribution in [2.75, 3.05) is 23.3 Å². The number of hydrogen-bond donors (Lipinski definition) is 1. The molecule has 2 heterocycles. The Morgan fingerprint density at radius 3 is 2.27 bits per heavy atom. The number of rotatable bonds is 6. The minimum atomic E-state index is 0.745. The molecule has 2 aromatic carbocycles. The summed E-state index contributed by atoms with van der Waals surface area (Å²) in [5.74, 6) is 1.49. The first-order valence-corrected chi connectivity index (χ1v) is 10.4. The van der Waals surface area contributed by atoms with Crippen LogP contribution in [0.5, 0.6) is 0 Å². The molecule has 0 aliphatic heterocycles. The number of nitrogens with one attached hydrogen (secondary N) is 1. The normalized spacial score (nSPS) is 11.1. The van der Waals surface area contributed by atoms with Crippen LogP contribution in [0.4, 0.5) is 17.2 Å². The zero-order valence-electron chi connectivity index (χ0n) is 18.3. The van der Waals surface area contributed by atoms with Crippen LogP contribution in [-0.4, -0.2) is 33.1 Å². The van der Waals surface area contributed by atoms with E-state index in [2.05, 4.69) is 76.6 Å². The molecule has 0 saturated carbocycles. The standard InChI is InChI=1S/C24H28N6/c1-6-29(7-2)19-12-13-22(16(3)14-19)25-23-20-10-8-9-11-21(20)24(27-26-23)30-18(5)15-17(4)28-30/h8-15H,6-7H2,1-5H3,(H,25,26). The summed E-state index contributed by atoms with van der Waals surface area (Å²) < 4.78 is 1.86. The highest BCUT2D eigenvalue weighted by molar-refractivity contribution is 5.97. The van der Waals surface area contributed by atoms with Gasteiger partial charge in [0.1, 0.15) is 0 Å². The first-order valence-electron chi connectivity index (χ1n) is 10.4. The maximum atomic E-state index is 4.59. The predicted octanol–water partition coefficient (Wildman–Crippen LogP) is 5.33. The molecule has 0 bridgehead atoms. The highest BCUT2D eigenvalue weighted by Gasteiger charge is 2.14. The van der Waals surface area contributed by atoms with Crippen LogP contribution < -0.4 is 10.2 Å². The third-order valence-corrected chi connectivity index (χ3v) is 5.47. The number of fused-ring (bicyclic) bond motifs is 1. The van der Waals surface area contributed by atoms with Crippen molar-refractivity contribution in [2.24, 2.45) is 0 Å². The fourth-order valence-electron chi connectivity index (χ4n) is 3.88. The maximum absolute atomic E-state index is 4.59. The van der Waals surface area contributed by atoms with Crippen LogP contribution in [0, 0.1) is 20.8 Å². The molecule has 0 atom stereocenters. The van der Waals surface area contributed by atoms with Crippen molar-refractivity contribution < 1.29 is 0 Å². The Balaban J connectivity index is 1.75. The monoisotopic (exact) mass is 400 g/mol. The van der Waals surface area contributed by atoms with Gasteiger partial charge in [-0.2, -0.15) is 5.10 Å². The van der Waals surface area contributed by atoms with E-state index in [-0.39, 0.29) is 0 Å². The zero-order valence-corrected chi connectivity index (χ0v) is 18.3. The largest absolute Gasteiger partial charge is 0.372 e. The number of benzene rings is 2. The molecule has 0 fully saturated rings. The van der Waals surface area contributed by atoms with Crippen LogP contribution in [0.15, 0.2) is 48.5 Å². The molecule has 0 amide bonds. The molecule has 6 heteroatoms. The molecule has 0 unspecified atom stereocenters. The predicted molar refractivity (Wildman–Crippen MR) is 124 cm³/mol. The average molecular weight is 401 g/mol. The molecule has 154 valence electrons. The molecule has 0 radical (unpaired) electrons. The fraction of sp³-hybridized carbons (Fsp3) is 0.292. The smallest absolute Gasteiger partial charge is 0.183 e. The van der Waals surface area contributed by atoms with Gasteiger partial charge in [-0.25, -0.2) is 4.68 Å². The molecule has 30 heavy (non-hydrogen) atoms. The van der Waals surface area contributed by atoms with Crippen LogP contribution in [-0.2, 0) is 0 Å². The highest BCUT2D eigenvalue weighted by atomic mass is 15.4. The van der Waals surface area contributed by atoms with E-state index in [1.165, 1.54) is 11.3 Å². The van der Waals surface area contributed by atoms with Gasteiger partial charge in [0, 0.05) is 40.9 Å². The Morgan fingerprint density at radius 2 is 1.63 bits per heavy atom. The summed E-state index contributed by atoms with van der Waals surface area (Å²) in [7, 11) is 0. The van der Waals surface area contributed by atoms with E-state index in [9.17, 15) is 0 Å². The summed E-state index contributed by atoms with van der Waals surface area (Å²) in [5, 5.41) is 19.2. The van der Waals surface area contributed by atoms with Crippen molar-refractivity contribution >= 4 is 28.0 Å². The quantitative estimate of drug-likeness (QED) is 0.474. The van der Waals surface area contributed by atoms with Crippen molar-refractivity contribution in [3.05, 3.63) is 65.5 Å². The van der Waals surface area contributed by atoms with Crippen LogP contribution in [0.2, 0.25) is 0 Å². The number of anilines is 3. The van der Waals surface area contributed by atoms with Crippen molar-refractivity contribution in [3.63, 3.8) is 0 Å². The number of aryl methyl sites for hydroxylation is 3. The molecule has 4 rings (SSSR count). The summed E-state index contributed by atoms with van der Waals surface area (Å²) in [6, 6.07) is 16.7. The van der Waals surface area contributed by atoms with Gasteiger partial charge in [-0.3, -0.25) is 0 Å². The topological polar surface area (TPSA) is 58.9 Å². The van der Waals surface area contributed by atoms with Crippen molar-refractivity contribution in [1.29, 1.82) is 0 Å². The second-order valence-electron chi connectivity index (χ2n) is 7.55. The third-order valence-electron chi connectivity index (χ3n) is 5.47. The Labute approximate surface area is 177 Å². The van der Waals surface area contributed by atoms with Crippen molar-refractivity contribution in [1.82, 2.24) is 20.0 Å². The van der Waals surface area contributed by atoms with Crippen LogP contribution >= 0.6 is 0 Å². The third kappa shape index (κ3) is 3.61. The van der Waals surface area contributed by atoms with Gasteiger partial charge in [0.05, 0.1) is 5.69 Å². The minimum absolute atomic E-state index is 0.745. The number of hydrogen-bond acceptors (Lipinski definition) is 5. The average Bonchev–Trinajstić information content (AvgIpc) is 3.08. The fourth-order valence-corrected chi connectivity index (χ4v) is 3.88. The van der Waals surface area contributed by atoms with Gasteiger partial charge >= 0.3 is 0 Å². The first-order chi connectivity index (χ1) is 14.5. The minimum Gasteiger partial charge on any atom is -0.372 e. The molecule has 0 spiro atoms. The lowest BCUT2D eigenvalue weighted by molar-refractivity contribution is 0.792. The highest BCUT2D eigenvalue weighted by Crippen LogP contribution is 2.30. The zero-order chi connectivity index (χ0) is 21.3. The Morgan fingerprint density at radius 1 is 0.900 bits per heavy atom. The van der Waals surface area contributed by atoms with Gasteiger partial charge < -0.3 is 10.2 Å². The van der Waals surface area contributed by atoms with E-state index in [0.717, 1.165) is 52.6 Å². The van der Waals surface area contributed by atoms with Gasteiger partial charge in [-0.1, -0.05) is 24.3 Å². The Hall–Kier alpha value is -3.41. The summed E-state index contributed by atoms with van der Waals surface area (Å²) in [6.07, 6.45) is 0. The van der Waals surface area contributed by atoms with Crippen molar-refractivity contribution in [2.45, 2.75) is 34.6 Å². The van der Waals surface area contributed by atoms with E-state index < -0.39 is 0 Å². The lowest BCUT2D eigenvalue weighted by Gasteiger charge is -2.22. The molecule has 0 aliphatic rings. The van der Waals surface area contributed by atoms with E-state index >= 15 is 0 Å². The van der Waals surface area contributed by atoms with Gasteiger partial charge in [0.2, 0.25) is 0 Å². The summed E-state index contributed by atoms with van der Waals surface area (Å²) in [5.41, 5.74) is 5.44. The molecule has 6 nitrogen and oxygen atoms in total. The lowest BCUT2D eigenvalue weighted by Crippen LogP contribution is -2.21. The summed E-state index contributed by atoms with van der Waals surface area (Å²) in [4.78, 5) is 2.34. The lowest BCUT2D eigenvalue weighted by atomic mass is 10.1. The molecule has 0 aliphatic carbocycles. The van der Waals surface area contributed by atoms with Gasteiger partial charge in [-0.05, 0) is 64.4 Å². The number of aromatic nitrogens is 4. The number of nitrogens with zero attached hydrogens (tertiary/aromatic N) is 5. The molecular weight excluding hydrogens is 372 g/mol. The molecule has 0 saturated heterocycles. The molecule has 1 N–H and O–H groups in total. The Bertz CT molecular complexity index is 1190. The second-order valence-corrected chi connectivity index (χ2v) is 7.55. The van der Waals surface area contributed by atoms with Gasteiger partial charge in [-0.15, -0.1) is 10.2 Å². The molecule has 4 aromatic rings. The van der Waals surface area contributed by atoms with E-state index in [0.29, 0.717) is 0 Å². The van der Waals surface area contributed by atoms with Crippen LogP contribution in [0.3, 0.4) is 0 Å². The summed E-state index contributed by atoms with van der Waals surface area (Å²) in [6.45, 7) is 12.5. The second kappa shape index (κ2) is 8.14. The maximum Gasteiger partial charge on any atom is 0.183 e. The van der Waals surface area contributed by atoms with E-state index in [1.54, 1.807) is 0 Å². The van der Waals surface area contributed by atoms with Crippen LogP contribution in [0.1, 0.15) is 30.8 Å².